The van der Waals surface area contributed by atoms with Crippen molar-refractivity contribution < 1.29 is 4.79 Å². The summed E-state index contributed by atoms with van der Waals surface area (Å²) < 4.78 is 3.95. The summed E-state index contributed by atoms with van der Waals surface area (Å²) in [6.45, 7) is 3.45. The molecule has 7 nitrogen and oxygen atoms in total. The lowest BCUT2D eigenvalue weighted by molar-refractivity contribution is 0.0709. The molecular formula is C20H22N6OS. The van der Waals surface area contributed by atoms with Crippen LogP contribution in [0.15, 0.2) is 42.7 Å². The molecule has 0 aromatic carbocycles. The molecule has 0 radical (unpaired) electrons. The lowest BCUT2D eigenvalue weighted by Crippen LogP contribution is -2.39. The molecule has 1 saturated heterocycles. The largest absolute Gasteiger partial charge is 0.339 e. The number of hydrogen-bond donors (Lipinski definition) is 1. The number of likely N-dealkylation sites (tertiary alicyclic amines) is 1. The number of amides is 1. The van der Waals surface area contributed by atoms with Crippen LogP contribution >= 0.6 is 11.5 Å². The van der Waals surface area contributed by atoms with Crippen LogP contribution in [0.1, 0.15) is 46.7 Å². The Morgan fingerprint density at radius 2 is 2.21 bits per heavy atom. The molecule has 28 heavy (non-hydrogen) atoms. The van der Waals surface area contributed by atoms with Crippen molar-refractivity contribution in [1.82, 2.24) is 24.5 Å². The van der Waals surface area contributed by atoms with Gasteiger partial charge in [0.1, 0.15) is 10.7 Å². The van der Waals surface area contributed by atoms with Gasteiger partial charge in [0, 0.05) is 30.9 Å². The highest BCUT2D eigenvalue weighted by atomic mass is 32.1. The van der Waals surface area contributed by atoms with Crippen molar-refractivity contribution in [3.05, 3.63) is 59.0 Å². The Kier molecular flexibility index (Phi) is 5.57. The molecule has 1 atom stereocenters. The Labute approximate surface area is 168 Å². The monoisotopic (exact) mass is 394 g/mol. The SMILES string of the molecule is CCc1nnsc1C(=O)N1CCC[C@@H](c2ccc(Nc3ccccn3)cn2)C1. The highest BCUT2D eigenvalue weighted by Gasteiger charge is 2.28. The first-order valence-corrected chi connectivity index (χ1v) is 10.3. The molecule has 1 N–H and O–H groups in total. The second kappa shape index (κ2) is 8.43. The molecule has 8 heteroatoms. The molecule has 144 valence electrons. The van der Waals surface area contributed by atoms with Gasteiger partial charge in [-0.3, -0.25) is 9.78 Å². The number of piperidine rings is 1. The zero-order valence-electron chi connectivity index (χ0n) is 15.7. The van der Waals surface area contributed by atoms with Gasteiger partial charge >= 0.3 is 0 Å². The number of nitrogens with zero attached hydrogens (tertiary/aromatic N) is 5. The zero-order valence-corrected chi connectivity index (χ0v) is 16.5. The van der Waals surface area contributed by atoms with Crippen molar-refractivity contribution in [2.75, 3.05) is 18.4 Å². The van der Waals surface area contributed by atoms with E-state index in [0.717, 1.165) is 48.7 Å². The molecular weight excluding hydrogens is 372 g/mol. The normalized spacial score (nSPS) is 16.8. The van der Waals surface area contributed by atoms with Crippen LogP contribution in [0.25, 0.3) is 0 Å². The predicted molar refractivity (Wildman–Crippen MR) is 109 cm³/mol. The third-order valence-electron chi connectivity index (χ3n) is 4.94. The number of nitrogens with one attached hydrogen (secondary N) is 1. The fraction of sp³-hybridized carbons (Fsp3) is 0.350. The van der Waals surface area contributed by atoms with Crippen molar-refractivity contribution in [3.8, 4) is 0 Å². The van der Waals surface area contributed by atoms with Gasteiger partial charge < -0.3 is 10.2 Å². The molecule has 1 aliphatic heterocycles. The zero-order chi connectivity index (χ0) is 19.3. The summed E-state index contributed by atoms with van der Waals surface area (Å²) in [7, 11) is 0. The summed E-state index contributed by atoms with van der Waals surface area (Å²) in [6.07, 6.45) is 6.31. The molecule has 0 saturated carbocycles. The van der Waals surface area contributed by atoms with Gasteiger partial charge in [0.05, 0.1) is 17.6 Å². The number of aryl methyl sites for hydroxylation is 1. The van der Waals surface area contributed by atoms with E-state index in [4.69, 9.17) is 0 Å². The summed E-state index contributed by atoms with van der Waals surface area (Å²) in [5, 5.41) is 7.31. The minimum atomic E-state index is 0.0463. The fourth-order valence-corrected chi connectivity index (χ4v) is 4.17. The maximum Gasteiger partial charge on any atom is 0.267 e. The smallest absolute Gasteiger partial charge is 0.267 e. The topological polar surface area (TPSA) is 83.9 Å². The van der Waals surface area contributed by atoms with Crippen LogP contribution in [0.3, 0.4) is 0 Å². The maximum atomic E-state index is 12.9. The highest BCUT2D eigenvalue weighted by molar-refractivity contribution is 7.08. The van der Waals surface area contributed by atoms with Crippen LogP contribution in [0.2, 0.25) is 0 Å². The van der Waals surface area contributed by atoms with Crippen molar-refractivity contribution in [2.45, 2.75) is 32.1 Å². The molecule has 4 rings (SSSR count). The van der Waals surface area contributed by atoms with Crippen molar-refractivity contribution >= 4 is 28.9 Å². The Morgan fingerprint density at radius 3 is 2.96 bits per heavy atom. The number of aromatic nitrogens is 4. The van der Waals surface area contributed by atoms with E-state index in [0.29, 0.717) is 11.4 Å². The van der Waals surface area contributed by atoms with Gasteiger partial charge in [-0.2, -0.15) is 0 Å². The average molecular weight is 395 g/mol. The minimum absolute atomic E-state index is 0.0463. The van der Waals surface area contributed by atoms with E-state index in [1.807, 2.05) is 48.4 Å². The Balaban J connectivity index is 1.43. The molecule has 0 bridgehead atoms. The molecule has 1 aliphatic rings. The van der Waals surface area contributed by atoms with E-state index < -0.39 is 0 Å². The second-order valence-corrected chi connectivity index (χ2v) is 7.56. The fourth-order valence-electron chi connectivity index (χ4n) is 3.45. The van der Waals surface area contributed by atoms with Gasteiger partial charge in [-0.25, -0.2) is 4.98 Å². The first-order valence-electron chi connectivity index (χ1n) is 9.49. The number of rotatable bonds is 5. The second-order valence-electron chi connectivity index (χ2n) is 6.80. The molecule has 0 unspecified atom stereocenters. The van der Waals surface area contributed by atoms with Gasteiger partial charge in [0.2, 0.25) is 0 Å². The van der Waals surface area contributed by atoms with E-state index in [9.17, 15) is 4.79 Å². The van der Waals surface area contributed by atoms with E-state index >= 15 is 0 Å². The summed E-state index contributed by atoms with van der Waals surface area (Å²) in [4.78, 5) is 24.4. The molecule has 4 heterocycles. The predicted octanol–water partition coefficient (Wildman–Crippen LogP) is 3.65. The van der Waals surface area contributed by atoms with Crippen LogP contribution in [0, 0.1) is 0 Å². The Bertz CT molecular complexity index is 927. The standard InChI is InChI=1S/C20H22N6OS/c1-2-16-19(28-25-24-16)20(27)26-11-5-6-14(13-26)17-9-8-15(12-22-17)23-18-7-3-4-10-21-18/h3-4,7-10,12,14H,2,5-6,11,13H2,1H3,(H,21,23)/t14-/m1/s1. The molecule has 1 amide bonds. The lowest BCUT2D eigenvalue weighted by atomic mass is 9.94. The minimum Gasteiger partial charge on any atom is -0.339 e. The number of anilines is 2. The average Bonchev–Trinajstić information content (AvgIpc) is 3.23. The Hall–Kier alpha value is -2.87. The number of pyridine rings is 2. The number of hydrogen-bond acceptors (Lipinski definition) is 7. The summed E-state index contributed by atoms with van der Waals surface area (Å²) in [5.74, 6) is 1.08. The van der Waals surface area contributed by atoms with Gasteiger partial charge in [-0.05, 0) is 55.1 Å². The highest BCUT2D eigenvalue weighted by Crippen LogP contribution is 2.28. The molecule has 0 aliphatic carbocycles. The molecule has 3 aromatic heterocycles. The third-order valence-corrected chi connectivity index (χ3v) is 5.69. The summed E-state index contributed by atoms with van der Waals surface area (Å²) >= 11 is 1.19. The third kappa shape index (κ3) is 4.01. The van der Waals surface area contributed by atoms with E-state index in [2.05, 4.69) is 24.9 Å². The van der Waals surface area contributed by atoms with E-state index in [1.54, 1.807) is 6.20 Å². The van der Waals surface area contributed by atoms with Crippen molar-refractivity contribution in [3.63, 3.8) is 0 Å². The van der Waals surface area contributed by atoms with Crippen LogP contribution in [0.5, 0.6) is 0 Å². The van der Waals surface area contributed by atoms with Crippen LogP contribution in [0.4, 0.5) is 11.5 Å². The quantitative estimate of drug-likeness (QED) is 0.711. The van der Waals surface area contributed by atoms with Crippen molar-refractivity contribution in [1.29, 1.82) is 0 Å². The van der Waals surface area contributed by atoms with Gasteiger partial charge in [0.15, 0.2) is 0 Å². The van der Waals surface area contributed by atoms with Crippen LogP contribution in [-0.2, 0) is 6.42 Å². The molecule has 3 aromatic rings. The number of carbonyl (C=O) groups excluding carboxylic acids is 1. The lowest BCUT2D eigenvalue weighted by Gasteiger charge is -2.32. The summed E-state index contributed by atoms with van der Waals surface area (Å²) in [5.41, 5.74) is 2.71. The summed E-state index contributed by atoms with van der Waals surface area (Å²) in [6, 6.07) is 9.79. The molecule has 1 fully saturated rings. The van der Waals surface area contributed by atoms with Gasteiger partial charge in [0.25, 0.3) is 5.91 Å². The van der Waals surface area contributed by atoms with Crippen LogP contribution < -0.4 is 5.32 Å². The first-order chi connectivity index (χ1) is 13.7. The van der Waals surface area contributed by atoms with Gasteiger partial charge in [-0.15, -0.1) is 5.10 Å². The van der Waals surface area contributed by atoms with Crippen LogP contribution in [-0.4, -0.2) is 43.5 Å². The van der Waals surface area contributed by atoms with Gasteiger partial charge in [-0.1, -0.05) is 17.5 Å². The first kappa shape index (κ1) is 18.5. The van der Waals surface area contributed by atoms with E-state index in [1.165, 1.54) is 11.5 Å². The Morgan fingerprint density at radius 1 is 1.29 bits per heavy atom. The number of carbonyl (C=O) groups is 1. The molecule has 0 spiro atoms. The van der Waals surface area contributed by atoms with Crippen molar-refractivity contribution in [2.24, 2.45) is 0 Å². The maximum absolute atomic E-state index is 12.9. The van der Waals surface area contributed by atoms with E-state index in [-0.39, 0.29) is 11.8 Å².